The molecular weight excluding hydrogens is 310 g/mol. The molecular formula is C17H21N3O2S. The maximum Gasteiger partial charge on any atom is 0.251 e. The normalized spacial score (nSPS) is 12.0. The number of hydrogen-bond acceptors (Lipinski definition) is 4. The highest BCUT2D eigenvalue weighted by atomic mass is 32.1. The molecule has 0 aliphatic heterocycles. The van der Waals surface area contributed by atoms with E-state index in [0.717, 1.165) is 0 Å². The van der Waals surface area contributed by atoms with Crippen molar-refractivity contribution in [2.45, 2.75) is 6.04 Å². The predicted octanol–water partition coefficient (Wildman–Crippen LogP) is 1.90. The van der Waals surface area contributed by atoms with Crippen LogP contribution < -0.4 is 10.6 Å². The predicted molar refractivity (Wildman–Crippen MR) is 92.5 cm³/mol. The van der Waals surface area contributed by atoms with Crippen LogP contribution in [0.3, 0.4) is 0 Å². The van der Waals surface area contributed by atoms with E-state index in [1.165, 1.54) is 5.56 Å². The van der Waals surface area contributed by atoms with Gasteiger partial charge < -0.3 is 15.5 Å². The largest absolute Gasteiger partial charge is 0.353 e. The quantitative estimate of drug-likeness (QED) is 0.814. The van der Waals surface area contributed by atoms with Crippen LogP contribution in [0.1, 0.15) is 22.0 Å². The average molecular weight is 331 g/mol. The Balaban J connectivity index is 1.79. The minimum atomic E-state index is -0.247. The number of carbonyl (C=O) groups is 2. The molecule has 0 saturated carbocycles. The number of amides is 2. The molecule has 2 amide bonds. The van der Waals surface area contributed by atoms with E-state index in [1.54, 1.807) is 35.6 Å². The number of benzene rings is 1. The molecule has 23 heavy (non-hydrogen) atoms. The first-order valence-electron chi connectivity index (χ1n) is 7.36. The Morgan fingerprint density at radius 3 is 2.48 bits per heavy atom. The summed E-state index contributed by atoms with van der Waals surface area (Å²) < 4.78 is 0. The monoisotopic (exact) mass is 331 g/mol. The summed E-state index contributed by atoms with van der Waals surface area (Å²) in [6, 6.07) is 11.0. The molecule has 0 unspecified atom stereocenters. The molecule has 0 spiro atoms. The number of carbonyl (C=O) groups excluding carboxylic acids is 2. The van der Waals surface area contributed by atoms with Crippen molar-refractivity contribution in [2.24, 2.45) is 0 Å². The highest BCUT2D eigenvalue weighted by molar-refractivity contribution is 7.07. The summed E-state index contributed by atoms with van der Waals surface area (Å²) in [6.07, 6.45) is 0. The van der Waals surface area contributed by atoms with Crippen LogP contribution in [0.25, 0.3) is 0 Å². The molecule has 0 radical (unpaired) electrons. The topological polar surface area (TPSA) is 61.4 Å². The van der Waals surface area contributed by atoms with E-state index in [9.17, 15) is 9.59 Å². The van der Waals surface area contributed by atoms with E-state index in [2.05, 4.69) is 27.0 Å². The lowest BCUT2D eigenvalue weighted by Gasteiger charge is -2.24. The van der Waals surface area contributed by atoms with Gasteiger partial charge in [-0.2, -0.15) is 11.3 Å². The van der Waals surface area contributed by atoms with Crippen molar-refractivity contribution in [3.05, 3.63) is 58.3 Å². The maximum atomic E-state index is 11.9. The van der Waals surface area contributed by atoms with E-state index < -0.39 is 0 Å². The average Bonchev–Trinajstić information content (AvgIpc) is 3.07. The summed E-state index contributed by atoms with van der Waals surface area (Å²) >= 11 is 1.63. The third-order valence-corrected chi connectivity index (χ3v) is 4.19. The summed E-state index contributed by atoms with van der Waals surface area (Å²) in [5.41, 5.74) is 1.72. The van der Waals surface area contributed by atoms with Crippen molar-refractivity contribution in [3.8, 4) is 0 Å². The van der Waals surface area contributed by atoms with Gasteiger partial charge in [0.15, 0.2) is 0 Å². The van der Waals surface area contributed by atoms with Crippen molar-refractivity contribution >= 4 is 23.2 Å². The highest BCUT2D eigenvalue weighted by Gasteiger charge is 2.16. The smallest absolute Gasteiger partial charge is 0.251 e. The van der Waals surface area contributed by atoms with E-state index in [4.69, 9.17) is 0 Å². The van der Waals surface area contributed by atoms with E-state index in [1.807, 2.05) is 25.5 Å². The van der Waals surface area contributed by atoms with Gasteiger partial charge in [-0.05, 0) is 48.6 Å². The Morgan fingerprint density at radius 1 is 1.13 bits per heavy atom. The lowest BCUT2D eigenvalue weighted by molar-refractivity contribution is -0.120. The van der Waals surface area contributed by atoms with Crippen LogP contribution in [0.4, 0.5) is 0 Å². The van der Waals surface area contributed by atoms with Crippen LogP contribution in [0.15, 0.2) is 47.2 Å². The zero-order chi connectivity index (χ0) is 16.7. The lowest BCUT2D eigenvalue weighted by atomic mass is 10.1. The van der Waals surface area contributed by atoms with Crippen molar-refractivity contribution in [1.82, 2.24) is 15.5 Å². The van der Waals surface area contributed by atoms with Crippen LogP contribution in [0.5, 0.6) is 0 Å². The molecule has 0 bridgehead atoms. The summed E-state index contributed by atoms with van der Waals surface area (Å²) in [7, 11) is 3.96. The van der Waals surface area contributed by atoms with Crippen molar-refractivity contribution in [2.75, 3.05) is 27.2 Å². The molecule has 1 aromatic heterocycles. The Bertz CT molecular complexity index is 627. The summed E-state index contributed by atoms with van der Waals surface area (Å²) in [5.74, 6) is -0.445. The SMILES string of the molecule is CN(C)[C@H](CNC(=O)CNC(=O)c1ccccc1)c1ccsc1. The number of hydrogen-bond donors (Lipinski definition) is 2. The molecule has 0 saturated heterocycles. The van der Waals surface area contributed by atoms with Crippen molar-refractivity contribution < 1.29 is 9.59 Å². The Kier molecular flexibility index (Phi) is 6.31. The number of thiophene rings is 1. The first kappa shape index (κ1) is 17.2. The third-order valence-electron chi connectivity index (χ3n) is 3.49. The molecule has 0 fully saturated rings. The Labute approximate surface area is 140 Å². The zero-order valence-electron chi connectivity index (χ0n) is 13.3. The minimum Gasteiger partial charge on any atom is -0.353 e. The summed E-state index contributed by atoms with van der Waals surface area (Å²) in [5, 5.41) is 9.59. The van der Waals surface area contributed by atoms with Crippen LogP contribution in [0, 0.1) is 0 Å². The van der Waals surface area contributed by atoms with Gasteiger partial charge in [-0.1, -0.05) is 18.2 Å². The third kappa shape index (κ3) is 5.19. The van der Waals surface area contributed by atoms with E-state index >= 15 is 0 Å². The van der Waals surface area contributed by atoms with Gasteiger partial charge in [-0.25, -0.2) is 0 Å². The molecule has 122 valence electrons. The van der Waals surface area contributed by atoms with Crippen LogP contribution in [-0.2, 0) is 4.79 Å². The molecule has 2 N–H and O–H groups in total. The molecule has 1 heterocycles. The second kappa shape index (κ2) is 8.45. The van der Waals surface area contributed by atoms with Gasteiger partial charge in [0.2, 0.25) is 5.91 Å². The first-order valence-corrected chi connectivity index (χ1v) is 8.30. The Hall–Kier alpha value is -2.18. The van der Waals surface area contributed by atoms with Crippen molar-refractivity contribution in [1.29, 1.82) is 0 Å². The number of nitrogens with zero attached hydrogens (tertiary/aromatic N) is 1. The minimum absolute atomic E-state index is 0.0302. The molecule has 1 aromatic carbocycles. The van der Waals surface area contributed by atoms with Gasteiger partial charge in [0, 0.05) is 12.1 Å². The second-order valence-corrected chi connectivity index (χ2v) is 6.17. The molecule has 2 aromatic rings. The van der Waals surface area contributed by atoms with Gasteiger partial charge in [0.1, 0.15) is 0 Å². The zero-order valence-corrected chi connectivity index (χ0v) is 14.1. The van der Waals surface area contributed by atoms with Gasteiger partial charge in [0.25, 0.3) is 5.91 Å². The van der Waals surface area contributed by atoms with E-state index in [-0.39, 0.29) is 24.4 Å². The number of likely N-dealkylation sites (N-methyl/N-ethyl adjacent to an activating group) is 1. The standard InChI is InChI=1S/C17H21N3O2S/c1-20(2)15(14-8-9-23-12-14)10-18-16(21)11-19-17(22)13-6-4-3-5-7-13/h3-9,12,15H,10-11H2,1-2H3,(H,18,21)(H,19,22)/t15-/m1/s1. The maximum absolute atomic E-state index is 11.9. The molecule has 1 atom stereocenters. The summed E-state index contributed by atoms with van der Waals surface area (Å²) in [6.45, 7) is 0.473. The molecule has 0 aliphatic carbocycles. The fourth-order valence-corrected chi connectivity index (χ4v) is 2.90. The molecule has 6 heteroatoms. The van der Waals surface area contributed by atoms with Gasteiger partial charge in [-0.3, -0.25) is 9.59 Å². The lowest BCUT2D eigenvalue weighted by Crippen LogP contribution is -2.40. The van der Waals surface area contributed by atoms with Gasteiger partial charge in [0.05, 0.1) is 12.6 Å². The van der Waals surface area contributed by atoms with Crippen LogP contribution in [0.2, 0.25) is 0 Å². The fourth-order valence-electron chi connectivity index (χ4n) is 2.19. The number of rotatable bonds is 7. The molecule has 0 aliphatic rings. The Morgan fingerprint density at radius 2 is 1.87 bits per heavy atom. The second-order valence-electron chi connectivity index (χ2n) is 5.39. The highest BCUT2D eigenvalue weighted by Crippen LogP contribution is 2.19. The van der Waals surface area contributed by atoms with Gasteiger partial charge >= 0.3 is 0 Å². The number of nitrogens with one attached hydrogen (secondary N) is 2. The van der Waals surface area contributed by atoms with Crippen molar-refractivity contribution in [3.63, 3.8) is 0 Å². The molecule has 5 nitrogen and oxygen atoms in total. The van der Waals surface area contributed by atoms with Crippen LogP contribution >= 0.6 is 11.3 Å². The summed E-state index contributed by atoms with van der Waals surface area (Å²) in [4.78, 5) is 25.9. The van der Waals surface area contributed by atoms with Gasteiger partial charge in [-0.15, -0.1) is 0 Å². The molecule has 2 rings (SSSR count). The van der Waals surface area contributed by atoms with E-state index in [0.29, 0.717) is 12.1 Å². The first-order chi connectivity index (χ1) is 11.1. The fraction of sp³-hybridized carbons (Fsp3) is 0.294. The van der Waals surface area contributed by atoms with Crippen LogP contribution in [-0.4, -0.2) is 43.9 Å².